The van der Waals surface area contributed by atoms with Crippen molar-refractivity contribution in [1.29, 1.82) is 0 Å². The highest BCUT2D eigenvalue weighted by molar-refractivity contribution is 7.26. The molecule has 0 amide bonds. The third kappa shape index (κ3) is 2.44. The normalized spacial score (nSPS) is 17.7. The summed E-state index contributed by atoms with van der Waals surface area (Å²) in [6, 6.07) is 0. The predicted molar refractivity (Wildman–Crippen MR) is 108 cm³/mol. The van der Waals surface area contributed by atoms with Gasteiger partial charge in [0.05, 0.1) is 0 Å². The molecule has 0 aromatic carbocycles. The van der Waals surface area contributed by atoms with E-state index in [4.69, 9.17) is 4.98 Å². The van der Waals surface area contributed by atoms with Crippen molar-refractivity contribution in [3.63, 3.8) is 0 Å². The summed E-state index contributed by atoms with van der Waals surface area (Å²) in [4.78, 5) is 10.7. The van der Waals surface area contributed by atoms with Crippen molar-refractivity contribution in [2.75, 3.05) is 37.0 Å². The summed E-state index contributed by atoms with van der Waals surface area (Å²) < 4.78 is 1.16. The van der Waals surface area contributed by atoms with Crippen molar-refractivity contribution in [1.82, 2.24) is 20.4 Å². The second-order valence-corrected chi connectivity index (χ2v) is 8.61. The van der Waals surface area contributed by atoms with Crippen LogP contribution in [0.5, 0.6) is 0 Å². The third-order valence-corrected chi connectivity index (χ3v) is 6.75. The highest BCUT2D eigenvalue weighted by Gasteiger charge is 2.25. The van der Waals surface area contributed by atoms with Crippen molar-refractivity contribution in [2.24, 2.45) is 0 Å². The van der Waals surface area contributed by atoms with E-state index in [9.17, 15) is 0 Å². The summed E-state index contributed by atoms with van der Waals surface area (Å²) in [6.07, 6.45) is 8.49. The van der Waals surface area contributed by atoms with Gasteiger partial charge in [0.2, 0.25) is 0 Å². The molecule has 5 rings (SSSR count). The van der Waals surface area contributed by atoms with E-state index in [2.05, 4.69) is 39.3 Å². The summed E-state index contributed by atoms with van der Waals surface area (Å²) >= 11 is 1.74. The fraction of sp³-hybridized carbons (Fsp3) is 0.579. The van der Waals surface area contributed by atoms with Gasteiger partial charge in [-0.05, 0) is 61.3 Å². The summed E-state index contributed by atoms with van der Waals surface area (Å²) in [5, 5.41) is 14.3. The van der Waals surface area contributed by atoms with Crippen LogP contribution >= 0.6 is 11.3 Å². The lowest BCUT2D eigenvalue weighted by atomic mass is 9.90. The molecule has 3 aromatic heterocycles. The van der Waals surface area contributed by atoms with Gasteiger partial charge in [-0.2, -0.15) is 0 Å². The summed E-state index contributed by atoms with van der Waals surface area (Å²) in [6.45, 7) is 2.13. The Morgan fingerprint density at radius 1 is 0.923 bits per heavy atom. The van der Waals surface area contributed by atoms with E-state index in [0.717, 1.165) is 52.6 Å². The van der Waals surface area contributed by atoms with Crippen LogP contribution in [0.1, 0.15) is 43.2 Å². The number of rotatable bonds is 2. The first kappa shape index (κ1) is 16.2. The van der Waals surface area contributed by atoms with Gasteiger partial charge in [0.25, 0.3) is 0 Å². The van der Waals surface area contributed by atoms with Gasteiger partial charge in [-0.3, -0.25) is 0 Å². The average molecular weight is 369 g/mol. The van der Waals surface area contributed by atoms with Crippen LogP contribution in [0.25, 0.3) is 20.4 Å². The summed E-state index contributed by atoms with van der Waals surface area (Å²) in [5.41, 5.74) is 3.87. The van der Waals surface area contributed by atoms with Crippen LogP contribution in [0.4, 0.5) is 11.6 Å². The highest BCUT2D eigenvalue weighted by atomic mass is 32.1. The molecular formula is C19H24N6S. The first-order valence-corrected chi connectivity index (χ1v) is 10.5. The van der Waals surface area contributed by atoms with Crippen LogP contribution in [0.3, 0.4) is 0 Å². The predicted octanol–water partition coefficient (Wildman–Crippen LogP) is 3.57. The Morgan fingerprint density at radius 2 is 1.69 bits per heavy atom. The van der Waals surface area contributed by atoms with Gasteiger partial charge in [-0.25, -0.2) is 4.98 Å². The Labute approximate surface area is 157 Å². The van der Waals surface area contributed by atoms with Crippen LogP contribution in [-0.4, -0.2) is 47.6 Å². The van der Waals surface area contributed by atoms with Gasteiger partial charge in [-0.1, -0.05) is 0 Å². The highest BCUT2D eigenvalue weighted by Crippen LogP contribution is 2.42. The molecular weight excluding hydrogens is 344 g/mol. The molecule has 0 unspecified atom stereocenters. The molecule has 4 heterocycles. The second-order valence-electron chi connectivity index (χ2n) is 7.61. The molecule has 1 fully saturated rings. The number of aromatic nitrogens is 4. The molecule has 1 aliphatic carbocycles. The lowest BCUT2D eigenvalue weighted by Gasteiger charge is -2.27. The molecule has 6 nitrogen and oxygen atoms in total. The SMILES string of the molecule is CN(C)c1nc2sc3c(N4CCCCC4)nnnc3c2c2c1CCCC2. The van der Waals surface area contributed by atoms with E-state index in [1.165, 1.54) is 48.6 Å². The molecule has 0 bridgehead atoms. The fourth-order valence-corrected chi connectivity index (χ4v) is 5.59. The number of nitrogens with zero attached hydrogens (tertiary/aromatic N) is 6. The third-order valence-electron chi connectivity index (χ3n) is 5.68. The van der Waals surface area contributed by atoms with Gasteiger partial charge in [0, 0.05) is 32.6 Å². The van der Waals surface area contributed by atoms with Crippen molar-refractivity contribution >= 4 is 43.4 Å². The summed E-state index contributed by atoms with van der Waals surface area (Å²) in [7, 11) is 4.19. The van der Waals surface area contributed by atoms with Crippen LogP contribution in [0.15, 0.2) is 0 Å². The summed E-state index contributed by atoms with van der Waals surface area (Å²) in [5.74, 6) is 2.13. The van der Waals surface area contributed by atoms with Crippen molar-refractivity contribution in [3.8, 4) is 0 Å². The van der Waals surface area contributed by atoms with E-state index in [-0.39, 0.29) is 0 Å². The first-order valence-electron chi connectivity index (χ1n) is 9.63. The topological polar surface area (TPSA) is 58.0 Å². The van der Waals surface area contributed by atoms with Gasteiger partial charge < -0.3 is 9.80 Å². The maximum atomic E-state index is 5.04. The van der Waals surface area contributed by atoms with Crippen LogP contribution in [0.2, 0.25) is 0 Å². The minimum absolute atomic E-state index is 1.01. The number of aryl methyl sites for hydroxylation is 1. The minimum atomic E-state index is 1.01. The van der Waals surface area contributed by atoms with Gasteiger partial charge in [-0.15, -0.1) is 21.5 Å². The van der Waals surface area contributed by atoms with E-state index >= 15 is 0 Å². The molecule has 2 aliphatic rings. The smallest absolute Gasteiger partial charge is 0.172 e. The second kappa shape index (κ2) is 6.30. The fourth-order valence-electron chi connectivity index (χ4n) is 4.44. The number of hydrogen-bond donors (Lipinski definition) is 0. The Bertz CT molecular complexity index is 973. The number of hydrogen-bond acceptors (Lipinski definition) is 7. The molecule has 0 spiro atoms. The lowest BCUT2D eigenvalue weighted by Crippen LogP contribution is -2.30. The average Bonchev–Trinajstić information content (AvgIpc) is 3.06. The van der Waals surface area contributed by atoms with Crippen LogP contribution in [0, 0.1) is 0 Å². The zero-order valence-corrected chi connectivity index (χ0v) is 16.3. The lowest BCUT2D eigenvalue weighted by molar-refractivity contribution is 0.571. The Kier molecular flexibility index (Phi) is 3.92. The quantitative estimate of drug-likeness (QED) is 0.689. The minimum Gasteiger partial charge on any atom is -0.362 e. The van der Waals surface area contributed by atoms with Gasteiger partial charge in [0.15, 0.2) is 5.82 Å². The molecule has 136 valence electrons. The van der Waals surface area contributed by atoms with Crippen LogP contribution < -0.4 is 9.80 Å². The Balaban J connectivity index is 1.79. The van der Waals surface area contributed by atoms with Crippen molar-refractivity contribution in [3.05, 3.63) is 11.1 Å². The van der Waals surface area contributed by atoms with Gasteiger partial charge in [0.1, 0.15) is 20.9 Å². The maximum Gasteiger partial charge on any atom is 0.172 e. The molecule has 7 heteroatoms. The number of piperidine rings is 1. The molecule has 1 aliphatic heterocycles. The van der Waals surface area contributed by atoms with Gasteiger partial charge >= 0.3 is 0 Å². The van der Waals surface area contributed by atoms with E-state index in [0.29, 0.717) is 0 Å². The molecule has 1 saturated heterocycles. The molecule has 0 atom stereocenters. The Morgan fingerprint density at radius 3 is 2.46 bits per heavy atom. The first-order chi connectivity index (χ1) is 12.7. The largest absolute Gasteiger partial charge is 0.362 e. The number of fused-ring (bicyclic) bond motifs is 5. The van der Waals surface area contributed by atoms with E-state index in [1.54, 1.807) is 11.3 Å². The number of anilines is 2. The van der Waals surface area contributed by atoms with E-state index < -0.39 is 0 Å². The molecule has 0 radical (unpaired) electrons. The maximum absolute atomic E-state index is 5.04. The number of pyridine rings is 1. The molecule has 26 heavy (non-hydrogen) atoms. The standard InChI is InChI=1S/C19H24N6S/c1-24(2)17-13-9-5-4-8-12(13)14-15-16(26-19(14)20-17)18(22-23-21-15)25-10-6-3-7-11-25/h3-11H2,1-2H3. The monoisotopic (exact) mass is 368 g/mol. The van der Waals surface area contributed by atoms with Crippen LogP contribution in [-0.2, 0) is 12.8 Å². The van der Waals surface area contributed by atoms with Crippen molar-refractivity contribution < 1.29 is 0 Å². The number of thiophene rings is 1. The molecule has 0 N–H and O–H groups in total. The zero-order chi connectivity index (χ0) is 17.7. The molecule has 0 saturated carbocycles. The zero-order valence-electron chi connectivity index (χ0n) is 15.5. The Hall–Kier alpha value is -2.02. The van der Waals surface area contributed by atoms with Crippen molar-refractivity contribution in [2.45, 2.75) is 44.9 Å². The molecule has 3 aromatic rings. The van der Waals surface area contributed by atoms with E-state index in [1.807, 2.05) is 0 Å².